The van der Waals surface area contributed by atoms with Gasteiger partial charge in [0.15, 0.2) is 5.96 Å². The minimum Gasteiger partial charge on any atom is -0.396 e. The number of aliphatic hydroxyl groups is 1. The van der Waals surface area contributed by atoms with Crippen LogP contribution < -0.4 is 16.0 Å². The number of aliphatic hydroxyl groups excluding tert-OH is 1. The molecule has 0 radical (unpaired) electrons. The second-order valence-corrected chi connectivity index (χ2v) is 6.86. The molecular weight excluding hydrogens is 364 g/mol. The van der Waals surface area contributed by atoms with Crippen molar-refractivity contribution in [2.45, 2.75) is 39.2 Å². The van der Waals surface area contributed by atoms with Gasteiger partial charge < -0.3 is 21.1 Å². The van der Waals surface area contributed by atoms with Crippen molar-refractivity contribution >= 4 is 17.6 Å². The molecule has 6 heteroatoms. The second-order valence-electron chi connectivity index (χ2n) is 6.86. The summed E-state index contributed by atoms with van der Waals surface area (Å²) in [5, 5.41) is 19.2. The molecule has 0 aromatic heterocycles. The van der Waals surface area contributed by atoms with Crippen molar-refractivity contribution in [2.24, 2.45) is 4.99 Å². The molecule has 156 valence electrons. The van der Waals surface area contributed by atoms with Gasteiger partial charge in [0.2, 0.25) is 5.91 Å². The predicted octanol–water partition coefficient (Wildman–Crippen LogP) is 3.26. The third-order valence-electron chi connectivity index (χ3n) is 4.46. The smallest absolute Gasteiger partial charge is 0.224 e. The first-order chi connectivity index (χ1) is 14.2. The molecular formula is C23H32N4O2. The zero-order chi connectivity index (χ0) is 20.9. The predicted molar refractivity (Wildman–Crippen MR) is 119 cm³/mol. The minimum absolute atomic E-state index is 0.00263. The standard InChI is InChI=1S/C23H32N4O2/c1-3-9-22(29)27-21-13-8-10-18(14-21)15-25-23(24-4-2)26-16-20(17-28)19-11-6-5-7-12-19/h5-8,10-14,20,28H,3-4,9,15-17H2,1-2H3,(H,27,29)(H2,24,25,26). The summed E-state index contributed by atoms with van der Waals surface area (Å²) in [6.45, 7) is 5.88. The third kappa shape index (κ3) is 7.95. The number of hydrogen-bond acceptors (Lipinski definition) is 3. The first-order valence-corrected chi connectivity index (χ1v) is 10.2. The summed E-state index contributed by atoms with van der Waals surface area (Å²) >= 11 is 0. The number of guanidine groups is 1. The Morgan fingerprint density at radius 2 is 1.86 bits per heavy atom. The maximum atomic E-state index is 11.8. The maximum absolute atomic E-state index is 11.8. The van der Waals surface area contributed by atoms with Gasteiger partial charge in [-0.1, -0.05) is 49.4 Å². The highest BCUT2D eigenvalue weighted by Crippen LogP contribution is 2.14. The summed E-state index contributed by atoms with van der Waals surface area (Å²) in [6.07, 6.45) is 1.34. The molecule has 0 fully saturated rings. The molecule has 1 unspecified atom stereocenters. The van der Waals surface area contributed by atoms with E-state index in [9.17, 15) is 9.90 Å². The summed E-state index contributed by atoms with van der Waals surface area (Å²) in [5.74, 6) is 0.721. The molecule has 0 saturated carbocycles. The Bertz CT molecular complexity index is 777. The van der Waals surface area contributed by atoms with E-state index in [0.717, 1.165) is 29.8 Å². The zero-order valence-corrected chi connectivity index (χ0v) is 17.3. The number of carbonyl (C=O) groups excluding carboxylic acids is 1. The van der Waals surface area contributed by atoms with E-state index >= 15 is 0 Å². The normalized spacial score (nSPS) is 12.3. The Kier molecular flexibility index (Phi) is 9.72. The van der Waals surface area contributed by atoms with Gasteiger partial charge in [0.1, 0.15) is 0 Å². The van der Waals surface area contributed by atoms with E-state index in [1.807, 2.05) is 68.4 Å². The number of benzene rings is 2. The largest absolute Gasteiger partial charge is 0.396 e. The van der Waals surface area contributed by atoms with Crippen LogP contribution in [0.3, 0.4) is 0 Å². The summed E-state index contributed by atoms with van der Waals surface area (Å²) < 4.78 is 0. The number of nitrogens with zero attached hydrogens (tertiary/aromatic N) is 1. The van der Waals surface area contributed by atoms with Crippen molar-refractivity contribution in [3.63, 3.8) is 0 Å². The van der Waals surface area contributed by atoms with Crippen molar-refractivity contribution in [1.29, 1.82) is 0 Å². The van der Waals surface area contributed by atoms with Crippen LogP contribution in [0.2, 0.25) is 0 Å². The Morgan fingerprint density at radius 3 is 2.55 bits per heavy atom. The molecule has 0 spiro atoms. The number of nitrogens with one attached hydrogen (secondary N) is 3. The van der Waals surface area contributed by atoms with Crippen LogP contribution in [0.5, 0.6) is 0 Å². The van der Waals surface area contributed by atoms with Crippen LogP contribution in [0, 0.1) is 0 Å². The number of amides is 1. The highest BCUT2D eigenvalue weighted by atomic mass is 16.3. The lowest BCUT2D eigenvalue weighted by Gasteiger charge is -2.18. The average molecular weight is 397 g/mol. The topological polar surface area (TPSA) is 85.8 Å². The van der Waals surface area contributed by atoms with E-state index < -0.39 is 0 Å². The fourth-order valence-corrected chi connectivity index (χ4v) is 2.94. The van der Waals surface area contributed by atoms with Crippen LogP contribution in [0.15, 0.2) is 59.6 Å². The van der Waals surface area contributed by atoms with Crippen molar-refractivity contribution in [3.8, 4) is 0 Å². The monoisotopic (exact) mass is 396 g/mol. The minimum atomic E-state index is -0.00263. The van der Waals surface area contributed by atoms with E-state index in [4.69, 9.17) is 0 Å². The molecule has 2 aromatic carbocycles. The molecule has 1 atom stereocenters. The van der Waals surface area contributed by atoms with Crippen LogP contribution in [0.25, 0.3) is 0 Å². The van der Waals surface area contributed by atoms with Gasteiger partial charge in [0.25, 0.3) is 0 Å². The van der Waals surface area contributed by atoms with E-state index in [0.29, 0.717) is 25.5 Å². The Morgan fingerprint density at radius 1 is 1.07 bits per heavy atom. The fraction of sp³-hybridized carbons (Fsp3) is 0.391. The van der Waals surface area contributed by atoms with Gasteiger partial charge in [-0.15, -0.1) is 0 Å². The van der Waals surface area contributed by atoms with E-state index in [1.165, 1.54) is 0 Å². The quantitative estimate of drug-likeness (QED) is 0.367. The Hall–Kier alpha value is -2.86. The van der Waals surface area contributed by atoms with Crippen LogP contribution in [-0.4, -0.2) is 36.7 Å². The SMILES string of the molecule is CCCC(=O)Nc1cccc(CN=C(NCC)NCC(CO)c2ccccc2)c1. The van der Waals surface area contributed by atoms with Gasteiger partial charge in [-0.05, 0) is 36.6 Å². The van der Waals surface area contributed by atoms with Crippen LogP contribution in [0.1, 0.15) is 43.7 Å². The van der Waals surface area contributed by atoms with Crippen molar-refractivity contribution in [3.05, 3.63) is 65.7 Å². The number of hydrogen-bond donors (Lipinski definition) is 4. The number of aliphatic imine (C=N–C) groups is 1. The van der Waals surface area contributed by atoms with Gasteiger partial charge >= 0.3 is 0 Å². The highest BCUT2D eigenvalue weighted by Gasteiger charge is 2.11. The molecule has 0 aliphatic carbocycles. The van der Waals surface area contributed by atoms with Crippen LogP contribution in [-0.2, 0) is 11.3 Å². The Labute approximate surface area is 173 Å². The number of anilines is 1. The van der Waals surface area contributed by atoms with Gasteiger partial charge in [-0.2, -0.15) is 0 Å². The lowest BCUT2D eigenvalue weighted by atomic mass is 10.0. The first kappa shape index (κ1) is 22.4. The molecule has 4 N–H and O–H groups in total. The summed E-state index contributed by atoms with van der Waals surface area (Å²) in [7, 11) is 0. The van der Waals surface area contributed by atoms with Crippen LogP contribution in [0.4, 0.5) is 5.69 Å². The lowest BCUT2D eigenvalue weighted by Crippen LogP contribution is -2.39. The van der Waals surface area contributed by atoms with E-state index in [-0.39, 0.29) is 18.4 Å². The third-order valence-corrected chi connectivity index (χ3v) is 4.46. The Balaban J connectivity index is 1.98. The second kappa shape index (κ2) is 12.6. The summed E-state index contributed by atoms with van der Waals surface area (Å²) in [5.41, 5.74) is 2.89. The maximum Gasteiger partial charge on any atom is 0.224 e. The van der Waals surface area contributed by atoms with Crippen molar-refractivity contribution in [1.82, 2.24) is 10.6 Å². The number of rotatable bonds is 10. The van der Waals surface area contributed by atoms with E-state index in [2.05, 4.69) is 20.9 Å². The first-order valence-electron chi connectivity index (χ1n) is 10.2. The molecule has 6 nitrogen and oxygen atoms in total. The van der Waals surface area contributed by atoms with E-state index in [1.54, 1.807) is 0 Å². The number of carbonyl (C=O) groups is 1. The van der Waals surface area contributed by atoms with Gasteiger partial charge in [0, 0.05) is 31.1 Å². The van der Waals surface area contributed by atoms with Crippen LogP contribution >= 0.6 is 0 Å². The average Bonchev–Trinajstić information content (AvgIpc) is 2.73. The van der Waals surface area contributed by atoms with Gasteiger partial charge in [-0.3, -0.25) is 4.79 Å². The molecule has 0 bridgehead atoms. The van der Waals surface area contributed by atoms with Crippen molar-refractivity contribution in [2.75, 3.05) is 25.0 Å². The van der Waals surface area contributed by atoms with Crippen molar-refractivity contribution < 1.29 is 9.90 Å². The van der Waals surface area contributed by atoms with Gasteiger partial charge in [0.05, 0.1) is 13.2 Å². The summed E-state index contributed by atoms with van der Waals surface area (Å²) in [4.78, 5) is 16.4. The molecule has 0 saturated heterocycles. The lowest BCUT2D eigenvalue weighted by molar-refractivity contribution is -0.116. The summed E-state index contributed by atoms with van der Waals surface area (Å²) in [6, 6.07) is 17.7. The zero-order valence-electron chi connectivity index (χ0n) is 17.3. The molecule has 29 heavy (non-hydrogen) atoms. The fourth-order valence-electron chi connectivity index (χ4n) is 2.94. The molecule has 1 amide bonds. The van der Waals surface area contributed by atoms with Gasteiger partial charge in [-0.25, -0.2) is 4.99 Å². The molecule has 0 aliphatic heterocycles. The molecule has 0 heterocycles. The highest BCUT2D eigenvalue weighted by molar-refractivity contribution is 5.90. The molecule has 0 aliphatic rings. The molecule has 2 aromatic rings. The molecule has 2 rings (SSSR count).